The Bertz CT molecular complexity index is 566. The van der Waals surface area contributed by atoms with Gasteiger partial charge in [-0.3, -0.25) is 0 Å². The molecule has 174 valence electrons. The minimum atomic E-state index is -0.514. The van der Waals surface area contributed by atoms with E-state index in [4.69, 9.17) is 15.2 Å². The van der Waals surface area contributed by atoms with Gasteiger partial charge < -0.3 is 25.4 Å². The Morgan fingerprint density at radius 2 is 1.40 bits per heavy atom. The summed E-state index contributed by atoms with van der Waals surface area (Å²) in [5.74, 6) is 0.481. The zero-order chi connectivity index (χ0) is 22.5. The van der Waals surface area contributed by atoms with Crippen molar-refractivity contribution in [1.29, 1.82) is 0 Å². The molecule has 2 aliphatic rings. The normalized spacial score (nSPS) is 27.8. The van der Waals surface area contributed by atoms with Gasteiger partial charge in [0.1, 0.15) is 11.2 Å². The maximum absolute atomic E-state index is 13.0. The molecule has 0 bridgehead atoms. The van der Waals surface area contributed by atoms with Gasteiger partial charge in [0, 0.05) is 24.7 Å². The van der Waals surface area contributed by atoms with Crippen LogP contribution in [0.15, 0.2) is 0 Å². The van der Waals surface area contributed by atoms with E-state index in [0.29, 0.717) is 12.0 Å². The van der Waals surface area contributed by atoms with E-state index in [1.54, 1.807) is 0 Å². The van der Waals surface area contributed by atoms with Crippen molar-refractivity contribution >= 4 is 12.2 Å². The first-order chi connectivity index (χ1) is 13.8. The average Bonchev–Trinajstić information content (AvgIpc) is 2.59. The van der Waals surface area contributed by atoms with Crippen molar-refractivity contribution in [3.05, 3.63) is 0 Å². The molecule has 0 saturated heterocycles. The van der Waals surface area contributed by atoms with Gasteiger partial charge in [-0.2, -0.15) is 0 Å². The van der Waals surface area contributed by atoms with E-state index >= 15 is 0 Å². The van der Waals surface area contributed by atoms with Crippen LogP contribution >= 0.6 is 0 Å². The predicted octanol–water partition coefficient (Wildman–Crippen LogP) is 4.58. The minimum absolute atomic E-state index is 0.0873. The van der Waals surface area contributed by atoms with Crippen molar-refractivity contribution in [3.8, 4) is 0 Å². The van der Waals surface area contributed by atoms with Crippen LogP contribution in [0.3, 0.4) is 0 Å². The lowest BCUT2D eigenvalue weighted by Gasteiger charge is -2.40. The van der Waals surface area contributed by atoms with Crippen molar-refractivity contribution in [3.63, 3.8) is 0 Å². The fourth-order valence-electron chi connectivity index (χ4n) is 4.35. The van der Waals surface area contributed by atoms with Crippen LogP contribution in [0.4, 0.5) is 9.59 Å². The summed E-state index contributed by atoms with van der Waals surface area (Å²) in [6.07, 6.45) is 6.97. The summed E-state index contributed by atoms with van der Waals surface area (Å²) in [6, 6.07) is 0.530. The lowest BCUT2D eigenvalue weighted by atomic mass is 9.85. The van der Waals surface area contributed by atoms with Crippen LogP contribution in [0.1, 0.15) is 92.9 Å². The van der Waals surface area contributed by atoms with Crippen LogP contribution in [-0.2, 0) is 9.47 Å². The largest absolute Gasteiger partial charge is 0.444 e. The van der Waals surface area contributed by atoms with Crippen LogP contribution in [0.5, 0.6) is 0 Å². The SMILES string of the molecule is CC(C)(C)OC(=O)N[C@H]1CC[C@H](N(C[C@H]2CC[C@H](N)CC2)C(=O)OC(C)(C)C)CC1. The minimum Gasteiger partial charge on any atom is -0.444 e. The third-order valence-electron chi connectivity index (χ3n) is 5.83. The van der Waals surface area contributed by atoms with E-state index in [1.807, 2.05) is 46.4 Å². The maximum Gasteiger partial charge on any atom is 0.410 e. The number of carbonyl (C=O) groups is 2. The quantitative estimate of drug-likeness (QED) is 0.688. The summed E-state index contributed by atoms with van der Waals surface area (Å²) >= 11 is 0. The van der Waals surface area contributed by atoms with Crippen LogP contribution in [-0.4, -0.2) is 53.0 Å². The molecule has 2 rings (SSSR count). The standard InChI is InChI=1S/C23H43N3O4/c1-22(2,3)29-20(27)25-18-11-13-19(14-12-18)26(21(28)30-23(4,5)6)15-16-7-9-17(24)10-8-16/h16-19H,7-15,24H2,1-6H3,(H,25,27)/t16-,17-,18-,19-. The van der Waals surface area contributed by atoms with Gasteiger partial charge >= 0.3 is 12.2 Å². The first-order valence-electron chi connectivity index (χ1n) is 11.6. The molecule has 2 fully saturated rings. The highest BCUT2D eigenvalue weighted by molar-refractivity contribution is 5.69. The number of nitrogens with two attached hydrogens (primary N) is 1. The fourth-order valence-corrected chi connectivity index (χ4v) is 4.35. The molecule has 2 amide bonds. The van der Waals surface area contributed by atoms with Gasteiger partial charge in [0.25, 0.3) is 0 Å². The predicted molar refractivity (Wildman–Crippen MR) is 118 cm³/mol. The summed E-state index contributed by atoms with van der Waals surface area (Å²) in [5, 5.41) is 2.98. The van der Waals surface area contributed by atoms with Gasteiger partial charge in [0.05, 0.1) is 0 Å². The summed E-state index contributed by atoms with van der Waals surface area (Å²) in [5.41, 5.74) is 5.04. The second-order valence-electron chi connectivity index (χ2n) is 11.1. The Morgan fingerprint density at radius 3 is 1.90 bits per heavy atom. The van der Waals surface area contributed by atoms with Gasteiger partial charge in [0.2, 0.25) is 0 Å². The number of alkyl carbamates (subject to hydrolysis) is 1. The zero-order valence-electron chi connectivity index (χ0n) is 19.8. The molecule has 0 aromatic rings. The molecule has 0 aromatic carbocycles. The van der Waals surface area contributed by atoms with Crippen LogP contribution in [0.2, 0.25) is 0 Å². The molecule has 0 radical (unpaired) electrons. The van der Waals surface area contributed by atoms with Crippen molar-refractivity contribution < 1.29 is 19.1 Å². The number of amides is 2. The van der Waals surface area contributed by atoms with E-state index in [9.17, 15) is 9.59 Å². The highest BCUT2D eigenvalue weighted by Crippen LogP contribution is 2.30. The number of carbonyl (C=O) groups excluding carboxylic acids is 2. The molecule has 0 unspecified atom stereocenters. The molecule has 30 heavy (non-hydrogen) atoms. The Morgan fingerprint density at radius 1 is 0.867 bits per heavy atom. The van der Waals surface area contributed by atoms with Gasteiger partial charge in [-0.15, -0.1) is 0 Å². The molecule has 3 N–H and O–H groups in total. The third-order valence-corrected chi connectivity index (χ3v) is 5.83. The molecule has 0 heterocycles. The molecular weight excluding hydrogens is 382 g/mol. The Kier molecular flexibility index (Phi) is 8.43. The van der Waals surface area contributed by atoms with E-state index < -0.39 is 11.2 Å². The number of hydrogen-bond donors (Lipinski definition) is 2. The Balaban J connectivity index is 1.94. The molecule has 7 nitrogen and oxygen atoms in total. The summed E-state index contributed by atoms with van der Waals surface area (Å²) in [4.78, 5) is 27.0. The number of nitrogens with one attached hydrogen (secondary N) is 1. The highest BCUT2D eigenvalue weighted by atomic mass is 16.6. The Hall–Kier alpha value is -1.50. The maximum atomic E-state index is 13.0. The molecule has 0 aromatic heterocycles. The lowest BCUT2D eigenvalue weighted by molar-refractivity contribution is 0.00462. The summed E-state index contributed by atoms with van der Waals surface area (Å²) < 4.78 is 11.1. The van der Waals surface area contributed by atoms with Crippen molar-refractivity contribution in [2.75, 3.05) is 6.54 Å². The first-order valence-corrected chi connectivity index (χ1v) is 11.6. The second kappa shape index (κ2) is 10.2. The van der Waals surface area contributed by atoms with Crippen LogP contribution in [0, 0.1) is 5.92 Å². The lowest BCUT2D eigenvalue weighted by Crippen LogP contribution is -2.50. The molecule has 2 aliphatic carbocycles. The average molecular weight is 426 g/mol. The molecule has 2 saturated carbocycles. The second-order valence-corrected chi connectivity index (χ2v) is 11.1. The van der Waals surface area contributed by atoms with Gasteiger partial charge in [0.15, 0.2) is 0 Å². The van der Waals surface area contributed by atoms with E-state index in [0.717, 1.165) is 57.9 Å². The van der Waals surface area contributed by atoms with Gasteiger partial charge in [-0.05, 0) is 98.8 Å². The third kappa shape index (κ3) is 8.70. The topological polar surface area (TPSA) is 93.9 Å². The highest BCUT2D eigenvalue weighted by Gasteiger charge is 2.34. The smallest absolute Gasteiger partial charge is 0.410 e. The van der Waals surface area contributed by atoms with E-state index in [2.05, 4.69) is 5.32 Å². The molecule has 0 aliphatic heterocycles. The van der Waals surface area contributed by atoms with Gasteiger partial charge in [-0.25, -0.2) is 9.59 Å². The van der Waals surface area contributed by atoms with E-state index in [1.165, 1.54) is 0 Å². The zero-order valence-corrected chi connectivity index (χ0v) is 19.8. The first kappa shape index (κ1) is 24.8. The molecule has 7 heteroatoms. The number of rotatable bonds is 4. The van der Waals surface area contributed by atoms with Crippen LogP contribution in [0.25, 0.3) is 0 Å². The van der Waals surface area contributed by atoms with Crippen molar-refractivity contribution in [2.45, 2.75) is 122 Å². The molecule has 0 spiro atoms. The van der Waals surface area contributed by atoms with E-state index in [-0.39, 0.29) is 24.3 Å². The number of hydrogen-bond acceptors (Lipinski definition) is 5. The number of ether oxygens (including phenoxy) is 2. The molecule has 0 atom stereocenters. The summed E-state index contributed by atoms with van der Waals surface area (Å²) in [7, 11) is 0. The number of nitrogens with zero attached hydrogens (tertiary/aromatic N) is 1. The molecular formula is C23H43N3O4. The van der Waals surface area contributed by atoms with Crippen molar-refractivity contribution in [2.24, 2.45) is 11.7 Å². The van der Waals surface area contributed by atoms with Gasteiger partial charge in [-0.1, -0.05) is 0 Å². The Labute approximate surface area is 182 Å². The van der Waals surface area contributed by atoms with Crippen molar-refractivity contribution in [1.82, 2.24) is 10.2 Å². The fraction of sp³-hybridized carbons (Fsp3) is 0.913. The van der Waals surface area contributed by atoms with Crippen LogP contribution < -0.4 is 11.1 Å². The summed E-state index contributed by atoms with van der Waals surface area (Å²) in [6.45, 7) is 12.0. The monoisotopic (exact) mass is 425 g/mol.